The second-order valence-electron chi connectivity index (χ2n) is 6.40. The first-order valence-electron chi connectivity index (χ1n) is 8.70. The summed E-state index contributed by atoms with van der Waals surface area (Å²) in [7, 11) is 0. The highest BCUT2D eigenvalue weighted by Crippen LogP contribution is 2.32. The largest absolute Gasteiger partial charge is 0.437 e. The molecular weight excluding hydrogens is 352 g/mol. The topological polar surface area (TPSA) is 77.5 Å². The molecule has 0 unspecified atom stereocenters. The SMILES string of the molecule is O=c1oc(-c2cccs2)nn1C[C@H](O)CO[C@H]1CCCc2ccccc21. The number of hydrogen-bond donors (Lipinski definition) is 1. The molecule has 1 aromatic carbocycles. The Morgan fingerprint density at radius 3 is 3.08 bits per heavy atom. The van der Waals surface area contributed by atoms with Gasteiger partial charge in [-0.3, -0.25) is 0 Å². The smallest absolute Gasteiger partial charge is 0.389 e. The first-order valence-corrected chi connectivity index (χ1v) is 9.58. The van der Waals surface area contributed by atoms with Gasteiger partial charge in [-0.15, -0.1) is 16.4 Å². The zero-order valence-corrected chi connectivity index (χ0v) is 15.0. The molecule has 1 N–H and O–H groups in total. The van der Waals surface area contributed by atoms with Crippen LogP contribution in [-0.4, -0.2) is 27.6 Å². The standard InChI is InChI=1S/C19H20N2O4S/c22-14(11-21-19(23)25-18(20-21)17-9-4-10-26-17)12-24-16-8-3-6-13-5-1-2-7-15(13)16/h1-2,4-5,7,9-10,14,16,22H,3,6,8,11-12H2/t14-,16-/m0/s1. The maximum absolute atomic E-state index is 11.9. The molecule has 3 aromatic rings. The molecule has 6 nitrogen and oxygen atoms in total. The highest BCUT2D eigenvalue weighted by atomic mass is 32.1. The summed E-state index contributed by atoms with van der Waals surface area (Å²) in [6, 6.07) is 12.0. The fourth-order valence-corrected chi connectivity index (χ4v) is 3.93. The van der Waals surface area contributed by atoms with Gasteiger partial charge in [0, 0.05) is 0 Å². The number of thiophene rings is 1. The van der Waals surface area contributed by atoms with Gasteiger partial charge < -0.3 is 14.3 Å². The van der Waals surface area contributed by atoms with Crippen LogP contribution in [0.25, 0.3) is 10.8 Å². The predicted octanol–water partition coefficient (Wildman–Crippen LogP) is 3.02. The van der Waals surface area contributed by atoms with Crippen molar-refractivity contribution in [3.8, 4) is 10.8 Å². The van der Waals surface area contributed by atoms with Gasteiger partial charge in [-0.05, 0) is 41.8 Å². The number of aryl methyl sites for hydroxylation is 1. The van der Waals surface area contributed by atoms with Crippen LogP contribution in [0.5, 0.6) is 0 Å². The third-order valence-electron chi connectivity index (χ3n) is 4.53. The molecule has 1 aliphatic rings. The van der Waals surface area contributed by atoms with E-state index in [0.29, 0.717) is 0 Å². The van der Waals surface area contributed by atoms with Crippen LogP contribution in [0.15, 0.2) is 51.0 Å². The van der Waals surface area contributed by atoms with Gasteiger partial charge in [0.15, 0.2) is 0 Å². The zero-order chi connectivity index (χ0) is 17.9. The Labute approximate surface area is 154 Å². The molecule has 2 heterocycles. The Balaban J connectivity index is 1.38. The van der Waals surface area contributed by atoms with Gasteiger partial charge in [0.1, 0.15) is 0 Å². The van der Waals surface area contributed by atoms with Crippen molar-refractivity contribution in [3.05, 3.63) is 63.5 Å². The number of nitrogens with zero attached hydrogens (tertiary/aromatic N) is 2. The van der Waals surface area contributed by atoms with E-state index in [1.54, 1.807) is 0 Å². The lowest BCUT2D eigenvalue weighted by Crippen LogP contribution is -2.29. The monoisotopic (exact) mass is 372 g/mol. The molecule has 0 fully saturated rings. The summed E-state index contributed by atoms with van der Waals surface area (Å²) in [5, 5.41) is 16.3. The van der Waals surface area contributed by atoms with E-state index in [0.717, 1.165) is 28.8 Å². The second-order valence-corrected chi connectivity index (χ2v) is 7.35. The van der Waals surface area contributed by atoms with Crippen molar-refractivity contribution in [1.82, 2.24) is 9.78 Å². The molecule has 1 aliphatic carbocycles. The van der Waals surface area contributed by atoms with Gasteiger partial charge in [-0.1, -0.05) is 30.3 Å². The number of fused-ring (bicyclic) bond motifs is 1. The number of ether oxygens (including phenoxy) is 1. The molecule has 0 radical (unpaired) electrons. The summed E-state index contributed by atoms with van der Waals surface area (Å²) < 4.78 is 12.2. The normalized spacial score (nSPS) is 17.8. The zero-order valence-electron chi connectivity index (χ0n) is 14.2. The summed E-state index contributed by atoms with van der Waals surface area (Å²) in [6.07, 6.45) is 2.24. The number of aromatic nitrogens is 2. The van der Waals surface area contributed by atoms with Gasteiger partial charge in [0.05, 0.1) is 30.2 Å². The molecule has 2 aromatic heterocycles. The lowest BCUT2D eigenvalue weighted by atomic mass is 9.89. The van der Waals surface area contributed by atoms with Crippen LogP contribution in [0.4, 0.5) is 0 Å². The maximum atomic E-state index is 11.9. The lowest BCUT2D eigenvalue weighted by molar-refractivity contribution is -0.0241. The second kappa shape index (κ2) is 7.57. The molecule has 0 amide bonds. The van der Waals surface area contributed by atoms with Crippen LogP contribution in [-0.2, 0) is 17.7 Å². The average Bonchev–Trinajstić information content (AvgIpc) is 3.30. The van der Waals surface area contributed by atoms with Gasteiger partial charge in [-0.25, -0.2) is 4.79 Å². The Kier molecular flexibility index (Phi) is 5.01. The van der Waals surface area contributed by atoms with Gasteiger partial charge in [0.25, 0.3) is 5.89 Å². The molecule has 4 rings (SSSR count). The minimum atomic E-state index is -0.830. The highest BCUT2D eigenvalue weighted by molar-refractivity contribution is 7.13. The number of benzene rings is 1. The molecule has 0 saturated carbocycles. The summed E-state index contributed by atoms with van der Waals surface area (Å²) in [6.45, 7) is 0.189. The van der Waals surface area contributed by atoms with E-state index in [9.17, 15) is 9.90 Å². The third kappa shape index (κ3) is 3.65. The first-order chi connectivity index (χ1) is 12.7. The Morgan fingerprint density at radius 1 is 1.35 bits per heavy atom. The number of aliphatic hydroxyl groups excluding tert-OH is 1. The quantitative estimate of drug-likeness (QED) is 0.720. The summed E-state index contributed by atoms with van der Waals surface area (Å²) >= 11 is 1.44. The van der Waals surface area contributed by atoms with E-state index in [1.807, 2.05) is 29.6 Å². The third-order valence-corrected chi connectivity index (χ3v) is 5.38. The lowest BCUT2D eigenvalue weighted by Gasteiger charge is -2.26. The van der Waals surface area contributed by atoms with Crippen molar-refractivity contribution in [2.75, 3.05) is 6.61 Å². The number of hydrogen-bond acceptors (Lipinski definition) is 6. The molecule has 0 bridgehead atoms. The van der Waals surface area contributed by atoms with Crippen LogP contribution >= 0.6 is 11.3 Å². The molecule has 0 spiro atoms. The van der Waals surface area contributed by atoms with Gasteiger partial charge in [0.2, 0.25) is 0 Å². The summed E-state index contributed by atoms with van der Waals surface area (Å²) in [5.74, 6) is -0.296. The highest BCUT2D eigenvalue weighted by Gasteiger charge is 2.22. The molecule has 0 saturated heterocycles. The Bertz CT molecular complexity index is 916. The van der Waals surface area contributed by atoms with Crippen molar-refractivity contribution in [1.29, 1.82) is 0 Å². The van der Waals surface area contributed by atoms with Crippen LogP contribution in [0.2, 0.25) is 0 Å². The minimum Gasteiger partial charge on any atom is -0.389 e. The molecule has 7 heteroatoms. The van der Waals surface area contributed by atoms with Crippen LogP contribution in [0.1, 0.15) is 30.1 Å². The van der Waals surface area contributed by atoms with Crippen LogP contribution in [0.3, 0.4) is 0 Å². The Hall–Kier alpha value is -2.22. The van der Waals surface area contributed by atoms with Gasteiger partial charge >= 0.3 is 5.76 Å². The van der Waals surface area contributed by atoms with Gasteiger partial charge in [-0.2, -0.15) is 4.68 Å². The van der Waals surface area contributed by atoms with E-state index in [2.05, 4.69) is 17.2 Å². The maximum Gasteiger partial charge on any atom is 0.437 e. The van der Waals surface area contributed by atoms with E-state index in [-0.39, 0.29) is 25.1 Å². The summed E-state index contributed by atoms with van der Waals surface area (Å²) in [5.41, 5.74) is 2.51. The minimum absolute atomic E-state index is 0.00897. The fourth-order valence-electron chi connectivity index (χ4n) is 3.28. The van der Waals surface area contributed by atoms with Crippen molar-refractivity contribution >= 4 is 11.3 Å². The number of rotatable bonds is 6. The molecule has 26 heavy (non-hydrogen) atoms. The Morgan fingerprint density at radius 2 is 2.23 bits per heavy atom. The van der Waals surface area contributed by atoms with E-state index < -0.39 is 11.9 Å². The van der Waals surface area contributed by atoms with Crippen molar-refractivity contribution < 1.29 is 14.3 Å². The number of aliphatic hydroxyl groups is 1. The van der Waals surface area contributed by atoms with E-state index >= 15 is 0 Å². The first kappa shape index (κ1) is 17.2. The molecule has 2 atom stereocenters. The van der Waals surface area contributed by atoms with Crippen LogP contribution < -0.4 is 5.76 Å². The van der Waals surface area contributed by atoms with E-state index in [1.165, 1.54) is 22.5 Å². The van der Waals surface area contributed by atoms with Crippen LogP contribution in [0, 0.1) is 0 Å². The predicted molar refractivity (Wildman–Crippen MR) is 98.2 cm³/mol. The molecular formula is C19H20N2O4S. The van der Waals surface area contributed by atoms with Crippen molar-refractivity contribution in [2.24, 2.45) is 0 Å². The molecule has 0 aliphatic heterocycles. The van der Waals surface area contributed by atoms with Crippen molar-refractivity contribution in [2.45, 2.75) is 38.0 Å². The van der Waals surface area contributed by atoms with Crippen molar-refractivity contribution in [3.63, 3.8) is 0 Å². The fraction of sp³-hybridized carbons (Fsp3) is 0.368. The molecule has 136 valence electrons. The van der Waals surface area contributed by atoms with E-state index in [4.69, 9.17) is 9.15 Å². The summed E-state index contributed by atoms with van der Waals surface area (Å²) in [4.78, 5) is 12.7. The average molecular weight is 372 g/mol.